The Balaban J connectivity index is 2.04. The second-order valence-electron chi connectivity index (χ2n) is 5.51. The lowest BCUT2D eigenvalue weighted by Gasteiger charge is -2.12. The number of nitrogens with one attached hydrogen (secondary N) is 1. The Bertz CT molecular complexity index is 853. The minimum absolute atomic E-state index is 0.0276. The summed E-state index contributed by atoms with van der Waals surface area (Å²) in [6.07, 6.45) is 1.74. The topological polar surface area (TPSA) is 54.9 Å². The van der Waals surface area contributed by atoms with Gasteiger partial charge in [-0.2, -0.15) is 0 Å². The van der Waals surface area contributed by atoms with Gasteiger partial charge in [-0.1, -0.05) is 72.4 Å². The molecule has 1 atom stereocenters. The van der Waals surface area contributed by atoms with Crippen LogP contribution in [-0.2, 0) is 4.79 Å². The van der Waals surface area contributed by atoms with Crippen molar-refractivity contribution in [3.8, 4) is 22.5 Å². The maximum Gasteiger partial charge on any atom is 0.233 e. The highest BCUT2D eigenvalue weighted by Crippen LogP contribution is 2.31. The normalized spacial score (nSPS) is 11.8. The van der Waals surface area contributed by atoms with Crippen LogP contribution in [0.3, 0.4) is 0 Å². The standard InChI is InChI=1S/C20H19N3OS/c1-14(20(24)21-2)25-17-13-22-18(15-9-5-3-6-10-15)19(23-17)16-11-7-4-8-12-16/h3-14H,1-2H3,(H,21,24)/t14-/m1/s1. The lowest BCUT2D eigenvalue weighted by atomic mass is 10.0. The molecule has 3 rings (SSSR count). The van der Waals surface area contributed by atoms with E-state index in [9.17, 15) is 4.79 Å². The number of benzene rings is 2. The molecular formula is C20H19N3OS. The molecule has 0 aliphatic carbocycles. The Morgan fingerprint density at radius 3 is 2.08 bits per heavy atom. The van der Waals surface area contributed by atoms with Crippen molar-refractivity contribution in [2.45, 2.75) is 17.2 Å². The van der Waals surface area contributed by atoms with E-state index >= 15 is 0 Å². The van der Waals surface area contributed by atoms with Gasteiger partial charge in [0.2, 0.25) is 5.91 Å². The first kappa shape index (κ1) is 17.2. The van der Waals surface area contributed by atoms with E-state index in [1.807, 2.05) is 67.6 Å². The second kappa shape index (κ2) is 7.94. The Morgan fingerprint density at radius 1 is 0.960 bits per heavy atom. The second-order valence-corrected chi connectivity index (χ2v) is 6.87. The summed E-state index contributed by atoms with van der Waals surface area (Å²) in [5.41, 5.74) is 3.68. The Kier molecular flexibility index (Phi) is 5.46. The number of amides is 1. The van der Waals surface area contributed by atoms with Crippen LogP contribution in [0.25, 0.3) is 22.5 Å². The summed E-state index contributed by atoms with van der Waals surface area (Å²) in [5.74, 6) is -0.0276. The van der Waals surface area contributed by atoms with Gasteiger partial charge in [0.05, 0.1) is 22.8 Å². The molecule has 25 heavy (non-hydrogen) atoms. The number of rotatable bonds is 5. The third kappa shape index (κ3) is 4.06. The average Bonchev–Trinajstić information content (AvgIpc) is 2.68. The molecule has 4 nitrogen and oxygen atoms in total. The van der Waals surface area contributed by atoms with E-state index in [2.05, 4.69) is 10.3 Å². The highest BCUT2D eigenvalue weighted by Gasteiger charge is 2.17. The van der Waals surface area contributed by atoms with Gasteiger partial charge in [0.15, 0.2) is 0 Å². The van der Waals surface area contributed by atoms with Crippen molar-refractivity contribution in [3.63, 3.8) is 0 Å². The molecule has 1 aromatic heterocycles. The zero-order valence-electron chi connectivity index (χ0n) is 14.1. The fourth-order valence-corrected chi connectivity index (χ4v) is 3.32. The van der Waals surface area contributed by atoms with E-state index in [1.165, 1.54) is 11.8 Å². The minimum atomic E-state index is -0.231. The van der Waals surface area contributed by atoms with Crippen molar-refractivity contribution in [2.75, 3.05) is 7.05 Å². The molecule has 0 aliphatic rings. The van der Waals surface area contributed by atoms with Gasteiger partial charge in [-0.05, 0) is 6.92 Å². The maximum absolute atomic E-state index is 11.8. The molecule has 0 fully saturated rings. The van der Waals surface area contributed by atoms with E-state index in [4.69, 9.17) is 4.98 Å². The molecule has 1 heterocycles. The number of nitrogens with zero attached hydrogens (tertiary/aromatic N) is 2. The van der Waals surface area contributed by atoms with Gasteiger partial charge >= 0.3 is 0 Å². The number of carbonyl (C=O) groups is 1. The van der Waals surface area contributed by atoms with Crippen molar-refractivity contribution in [1.82, 2.24) is 15.3 Å². The smallest absolute Gasteiger partial charge is 0.233 e. The molecule has 0 saturated carbocycles. The van der Waals surface area contributed by atoms with Crippen molar-refractivity contribution in [2.24, 2.45) is 0 Å². The summed E-state index contributed by atoms with van der Waals surface area (Å²) in [6.45, 7) is 1.86. The highest BCUT2D eigenvalue weighted by atomic mass is 32.2. The first-order valence-corrected chi connectivity index (χ1v) is 8.93. The van der Waals surface area contributed by atoms with Crippen LogP contribution in [-0.4, -0.2) is 28.2 Å². The van der Waals surface area contributed by atoms with Gasteiger partial charge in [-0.15, -0.1) is 0 Å². The summed E-state index contributed by atoms with van der Waals surface area (Å²) in [6, 6.07) is 20.0. The van der Waals surface area contributed by atoms with E-state index in [1.54, 1.807) is 13.2 Å². The van der Waals surface area contributed by atoms with Crippen LogP contribution in [0.1, 0.15) is 6.92 Å². The third-order valence-electron chi connectivity index (χ3n) is 3.76. The number of aromatic nitrogens is 2. The zero-order chi connectivity index (χ0) is 17.6. The molecule has 1 N–H and O–H groups in total. The molecule has 0 spiro atoms. The van der Waals surface area contributed by atoms with E-state index in [0.29, 0.717) is 0 Å². The van der Waals surface area contributed by atoms with Crippen LogP contribution in [0.15, 0.2) is 71.9 Å². The summed E-state index contributed by atoms with van der Waals surface area (Å²) in [4.78, 5) is 21.2. The fraction of sp³-hybridized carbons (Fsp3) is 0.150. The summed E-state index contributed by atoms with van der Waals surface area (Å²) >= 11 is 1.40. The predicted octanol–water partition coefficient (Wildman–Crippen LogP) is 4.04. The molecule has 126 valence electrons. The average molecular weight is 349 g/mol. The molecule has 3 aromatic rings. The van der Waals surface area contributed by atoms with E-state index < -0.39 is 0 Å². The monoisotopic (exact) mass is 349 g/mol. The molecule has 0 radical (unpaired) electrons. The lowest BCUT2D eigenvalue weighted by Crippen LogP contribution is -2.27. The Morgan fingerprint density at radius 2 is 1.52 bits per heavy atom. The Labute approximate surface area is 151 Å². The number of hydrogen-bond donors (Lipinski definition) is 1. The van der Waals surface area contributed by atoms with Gasteiger partial charge in [0.25, 0.3) is 0 Å². The third-order valence-corrected chi connectivity index (χ3v) is 4.76. The SMILES string of the molecule is CNC(=O)[C@@H](C)Sc1cnc(-c2ccccc2)c(-c2ccccc2)n1. The molecule has 0 unspecified atom stereocenters. The van der Waals surface area contributed by atoms with Crippen LogP contribution in [0.5, 0.6) is 0 Å². The summed E-state index contributed by atoms with van der Waals surface area (Å²) < 4.78 is 0. The molecular weight excluding hydrogens is 330 g/mol. The molecule has 5 heteroatoms. The molecule has 2 aromatic carbocycles. The van der Waals surface area contributed by atoms with Crippen LogP contribution >= 0.6 is 11.8 Å². The van der Waals surface area contributed by atoms with Crippen LogP contribution in [0.4, 0.5) is 0 Å². The quantitative estimate of drug-likeness (QED) is 0.707. The van der Waals surface area contributed by atoms with Gasteiger partial charge in [-0.3, -0.25) is 9.78 Å². The zero-order valence-corrected chi connectivity index (χ0v) is 15.0. The largest absolute Gasteiger partial charge is 0.358 e. The van der Waals surface area contributed by atoms with Crippen molar-refractivity contribution in [3.05, 3.63) is 66.9 Å². The van der Waals surface area contributed by atoms with Crippen molar-refractivity contribution >= 4 is 17.7 Å². The highest BCUT2D eigenvalue weighted by molar-refractivity contribution is 8.00. The molecule has 0 bridgehead atoms. The molecule has 0 aliphatic heterocycles. The molecule has 1 amide bonds. The van der Waals surface area contributed by atoms with E-state index in [0.717, 1.165) is 27.5 Å². The van der Waals surface area contributed by atoms with Gasteiger partial charge < -0.3 is 5.32 Å². The maximum atomic E-state index is 11.8. The van der Waals surface area contributed by atoms with Gasteiger partial charge in [0.1, 0.15) is 5.03 Å². The summed E-state index contributed by atoms with van der Waals surface area (Å²) in [5, 5.41) is 3.16. The first-order valence-electron chi connectivity index (χ1n) is 8.05. The molecule has 0 saturated heterocycles. The first-order chi connectivity index (χ1) is 12.2. The van der Waals surface area contributed by atoms with Crippen molar-refractivity contribution in [1.29, 1.82) is 0 Å². The fourth-order valence-electron chi connectivity index (χ4n) is 2.47. The lowest BCUT2D eigenvalue weighted by molar-refractivity contribution is -0.119. The van der Waals surface area contributed by atoms with Gasteiger partial charge in [-0.25, -0.2) is 4.98 Å². The van der Waals surface area contributed by atoms with E-state index in [-0.39, 0.29) is 11.2 Å². The number of thioether (sulfide) groups is 1. The van der Waals surface area contributed by atoms with Crippen molar-refractivity contribution < 1.29 is 4.79 Å². The number of hydrogen-bond acceptors (Lipinski definition) is 4. The van der Waals surface area contributed by atoms with Crippen LogP contribution in [0.2, 0.25) is 0 Å². The summed E-state index contributed by atoms with van der Waals surface area (Å²) in [7, 11) is 1.64. The minimum Gasteiger partial charge on any atom is -0.358 e. The van der Waals surface area contributed by atoms with Gasteiger partial charge in [0, 0.05) is 18.2 Å². The number of carbonyl (C=O) groups excluding carboxylic acids is 1. The predicted molar refractivity (Wildman–Crippen MR) is 102 cm³/mol. The van der Waals surface area contributed by atoms with Crippen LogP contribution in [0, 0.1) is 0 Å². The van der Waals surface area contributed by atoms with Crippen LogP contribution < -0.4 is 5.32 Å². The Hall–Kier alpha value is -2.66.